The molecule has 0 rings (SSSR count). The van der Waals surface area contributed by atoms with Crippen LogP contribution in [0.4, 0.5) is 0 Å². The molecule has 0 amide bonds. The smallest absolute Gasteiger partial charge is 0.234 e. The van der Waals surface area contributed by atoms with Gasteiger partial charge in [0.15, 0.2) is 0 Å². The van der Waals surface area contributed by atoms with Crippen molar-refractivity contribution in [1.29, 1.82) is 5.26 Å². The first-order valence-electron chi connectivity index (χ1n) is 14.0. The summed E-state index contributed by atoms with van der Waals surface area (Å²) in [5.74, 6) is -0.0764. The molecule has 0 radical (unpaired) electrons. The monoisotopic (exact) mass is 628 g/mol. The lowest BCUT2D eigenvalue weighted by Gasteiger charge is -2.28. The molecule has 0 aromatic heterocycles. The fourth-order valence-corrected chi connectivity index (χ4v) is 5.54. The van der Waals surface area contributed by atoms with E-state index in [0.29, 0.717) is 26.1 Å². The van der Waals surface area contributed by atoms with Gasteiger partial charge in [0.2, 0.25) is 11.3 Å². The number of alkyl halides is 1. The maximum absolute atomic E-state index is 11.8. The van der Waals surface area contributed by atoms with Gasteiger partial charge in [-0.25, -0.2) is 8.51 Å². The third kappa shape index (κ3) is 23.1. The molecule has 0 aliphatic carbocycles. The number of ether oxygens (including phenoxy) is 1. The highest BCUT2D eigenvalue weighted by Gasteiger charge is 2.25. The zero-order valence-corrected chi connectivity index (χ0v) is 26.2. The Morgan fingerprint density at radius 3 is 1.83 bits per heavy atom. The summed E-state index contributed by atoms with van der Waals surface area (Å²) in [6, 6.07) is 2.23. The van der Waals surface area contributed by atoms with E-state index in [2.05, 4.69) is 56.7 Å². The summed E-state index contributed by atoms with van der Waals surface area (Å²) in [6.45, 7) is 4.84. The highest BCUT2D eigenvalue weighted by Crippen LogP contribution is 2.22. The van der Waals surface area contributed by atoms with Crippen LogP contribution in [0.1, 0.15) is 110 Å². The van der Waals surface area contributed by atoms with E-state index >= 15 is 0 Å². The topological polar surface area (TPSA) is 73.6 Å². The van der Waals surface area contributed by atoms with Gasteiger partial charge in [0.25, 0.3) is 0 Å². The lowest BCUT2D eigenvalue weighted by atomic mass is 10.0. The lowest BCUT2D eigenvalue weighted by molar-refractivity contribution is -0.870. The Hall–Kier alpha value is 0.210. The van der Waals surface area contributed by atoms with E-state index in [0.717, 1.165) is 23.9 Å². The second-order valence-corrected chi connectivity index (χ2v) is 13.1. The van der Waals surface area contributed by atoms with Crippen LogP contribution in [0.2, 0.25) is 0 Å². The molecule has 8 heteroatoms. The van der Waals surface area contributed by atoms with Crippen LogP contribution in [-0.2, 0) is 16.0 Å². The normalized spacial score (nSPS) is 14.7. The molecule has 0 aromatic carbocycles. The van der Waals surface area contributed by atoms with Crippen LogP contribution in [0.25, 0.3) is 0 Å². The third-order valence-corrected chi connectivity index (χ3v) is 8.54. The number of hydrogen-bond acceptors (Lipinski definition) is 3. The van der Waals surface area contributed by atoms with Crippen molar-refractivity contribution >= 4 is 33.9 Å². The van der Waals surface area contributed by atoms with Crippen molar-refractivity contribution in [1.82, 2.24) is 4.31 Å². The van der Waals surface area contributed by atoms with Crippen molar-refractivity contribution in [2.24, 2.45) is 5.92 Å². The number of unbranched alkanes of at least 4 members (excludes halogenated alkanes) is 13. The standard InChI is InChI=1S/C27H54IN3O3S/c1-5-6-7-8-9-10-11-12-13-14-15-16-17-18-24-34-27(28)26(20-21-29)25-30(35(32)33)22-19-23-31(2,3)4/h26-27H,5-20,22-25H2,1-4H3/p+1. The molecule has 0 spiro atoms. The van der Waals surface area contributed by atoms with Gasteiger partial charge in [-0.3, -0.25) is 4.55 Å². The first-order chi connectivity index (χ1) is 16.7. The molecule has 0 saturated carbocycles. The highest BCUT2D eigenvalue weighted by atomic mass is 127. The third-order valence-electron chi connectivity index (χ3n) is 6.39. The summed E-state index contributed by atoms with van der Waals surface area (Å²) in [7, 11) is 6.35. The molecule has 35 heavy (non-hydrogen) atoms. The summed E-state index contributed by atoms with van der Waals surface area (Å²) < 4.78 is 29.8. The molecule has 6 nitrogen and oxygen atoms in total. The zero-order chi connectivity index (χ0) is 26.4. The first kappa shape index (κ1) is 35.2. The van der Waals surface area contributed by atoms with E-state index in [1.54, 1.807) is 4.31 Å². The Bertz CT molecular complexity index is 555. The van der Waals surface area contributed by atoms with Gasteiger partial charge in [-0.2, -0.15) is 5.26 Å². The molecule has 1 N–H and O–H groups in total. The van der Waals surface area contributed by atoms with Crippen LogP contribution in [-0.4, -0.2) is 69.0 Å². The van der Waals surface area contributed by atoms with Crippen LogP contribution < -0.4 is 0 Å². The minimum absolute atomic E-state index is 0.0764. The predicted octanol–water partition coefficient (Wildman–Crippen LogP) is 7.31. The van der Waals surface area contributed by atoms with Crippen molar-refractivity contribution < 1.29 is 18.0 Å². The largest absolute Gasteiger partial charge is 0.367 e. The van der Waals surface area contributed by atoms with E-state index in [1.807, 2.05) is 0 Å². The molecule has 3 unspecified atom stereocenters. The minimum atomic E-state index is -2.03. The quantitative estimate of drug-likeness (QED) is 0.0378. The van der Waals surface area contributed by atoms with Gasteiger partial charge in [-0.05, 0) is 6.42 Å². The van der Waals surface area contributed by atoms with Gasteiger partial charge >= 0.3 is 0 Å². The molecule has 208 valence electrons. The van der Waals surface area contributed by atoms with Crippen molar-refractivity contribution in [2.75, 3.05) is 47.4 Å². The fourth-order valence-electron chi connectivity index (χ4n) is 4.20. The molecule has 0 aromatic rings. The van der Waals surface area contributed by atoms with E-state index in [4.69, 9.17) is 4.74 Å². The number of rotatable bonds is 25. The molecule has 0 saturated heterocycles. The summed E-state index contributed by atoms with van der Waals surface area (Å²) in [5, 5.41) is 9.26. The van der Waals surface area contributed by atoms with Crippen LogP contribution in [0.5, 0.6) is 0 Å². The Balaban J connectivity index is 3.94. The van der Waals surface area contributed by atoms with E-state index in [9.17, 15) is 14.0 Å². The average Bonchev–Trinajstić information content (AvgIpc) is 2.79. The number of nitrogens with zero attached hydrogens (tertiary/aromatic N) is 3. The van der Waals surface area contributed by atoms with Crippen molar-refractivity contribution in [3.05, 3.63) is 0 Å². The predicted molar refractivity (Wildman–Crippen MR) is 158 cm³/mol. The van der Waals surface area contributed by atoms with Gasteiger partial charge in [0.05, 0.1) is 33.8 Å². The summed E-state index contributed by atoms with van der Waals surface area (Å²) in [4.78, 5) is 0. The highest BCUT2D eigenvalue weighted by molar-refractivity contribution is 14.1. The fraction of sp³-hybridized carbons (Fsp3) is 0.963. The SMILES string of the molecule is CCCCCCCCCCCCCCCCOC(I)C(CC#N)CN(CCC[N+](C)(C)C)S(=O)O. The van der Waals surface area contributed by atoms with Crippen LogP contribution in [0.3, 0.4) is 0 Å². The van der Waals surface area contributed by atoms with Crippen LogP contribution >= 0.6 is 22.6 Å². The molecule has 0 heterocycles. The van der Waals surface area contributed by atoms with E-state index < -0.39 is 11.3 Å². The van der Waals surface area contributed by atoms with Gasteiger partial charge in [-0.15, -0.1) is 0 Å². The Morgan fingerprint density at radius 1 is 0.914 bits per heavy atom. The summed E-state index contributed by atoms with van der Waals surface area (Å²) >= 11 is 0.218. The summed E-state index contributed by atoms with van der Waals surface area (Å²) in [6.07, 6.45) is 19.8. The van der Waals surface area contributed by atoms with Gasteiger partial charge in [0, 0.05) is 38.5 Å². The van der Waals surface area contributed by atoms with Gasteiger partial charge in [0.1, 0.15) is 4.11 Å². The number of halogens is 1. The van der Waals surface area contributed by atoms with E-state index in [-0.39, 0.29) is 10.0 Å². The second kappa shape index (κ2) is 23.3. The van der Waals surface area contributed by atoms with Crippen LogP contribution in [0, 0.1) is 17.2 Å². The average molecular weight is 629 g/mol. The molecule has 0 fully saturated rings. The second-order valence-electron chi connectivity index (χ2n) is 10.9. The van der Waals surface area contributed by atoms with E-state index in [1.165, 1.54) is 83.5 Å². The maximum Gasteiger partial charge on any atom is 0.234 e. The molecule has 0 aliphatic heterocycles. The van der Waals surface area contributed by atoms with Crippen molar-refractivity contribution in [3.8, 4) is 6.07 Å². The molecule has 0 bridgehead atoms. The lowest BCUT2D eigenvalue weighted by Crippen LogP contribution is -2.40. The van der Waals surface area contributed by atoms with Crippen molar-refractivity contribution in [3.63, 3.8) is 0 Å². The number of quaternary nitrogens is 1. The molecular weight excluding hydrogens is 573 g/mol. The zero-order valence-electron chi connectivity index (χ0n) is 23.2. The van der Waals surface area contributed by atoms with Crippen LogP contribution in [0.15, 0.2) is 0 Å². The Morgan fingerprint density at radius 2 is 1.40 bits per heavy atom. The first-order valence-corrected chi connectivity index (χ1v) is 16.3. The molecular formula is C27H55IN3O3S+. The maximum atomic E-state index is 11.8. The molecule has 3 atom stereocenters. The van der Waals surface area contributed by atoms with Crippen molar-refractivity contribution in [2.45, 2.75) is 114 Å². The summed E-state index contributed by atoms with van der Waals surface area (Å²) in [5.41, 5.74) is 0. The van der Waals surface area contributed by atoms with Gasteiger partial charge < -0.3 is 9.22 Å². The molecule has 0 aliphatic rings. The minimum Gasteiger partial charge on any atom is -0.367 e. The number of nitriles is 1. The van der Waals surface area contributed by atoms with Gasteiger partial charge in [-0.1, -0.05) is 113 Å². The number of hydrogen-bond donors (Lipinski definition) is 1. The Kier molecular flexibility index (Phi) is 23.5. The Labute approximate surface area is 233 Å².